The molecule has 1 aliphatic rings. The SMILES string of the molecule is CN(Cc1ccsc1)c1nc2c(cc1C(=O)O)CCC2. The van der Waals surface area contributed by atoms with Crippen molar-refractivity contribution < 1.29 is 9.90 Å². The van der Waals surface area contributed by atoms with E-state index in [0.717, 1.165) is 30.5 Å². The zero-order chi connectivity index (χ0) is 14.1. The second kappa shape index (κ2) is 5.25. The summed E-state index contributed by atoms with van der Waals surface area (Å²) in [4.78, 5) is 18.0. The van der Waals surface area contributed by atoms with E-state index < -0.39 is 5.97 Å². The molecule has 2 aromatic heterocycles. The molecular weight excluding hydrogens is 272 g/mol. The summed E-state index contributed by atoms with van der Waals surface area (Å²) in [7, 11) is 1.90. The summed E-state index contributed by atoms with van der Waals surface area (Å²) in [5.74, 6) is -0.330. The fourth-order valence-electron chi connectivity index (χ4n) is 2.64. The quantitative estimate of drug-likeness (QED) is 0.939. The molecule has 0 saturated carbocycles. The first-order valence-corrected chi connectivity index (χ1v) is 7.57. The van der Waals surface area contributed by atoms with Gasteiger partial charge in [-0.3, -0.25) is 0 Å². The molecule has 1 aliphatic carbocycles. The van der Waals surface area contributed by atoms with E-state index in [0.29, 0.717) is 17.9 Å². The van der Waals surface area contributed by atoms with E-state index in [4.69, 9.17) is 0 Å². The van der Waals surface area contributed by atoms with Crippen molar-refractivity contribution in [2.24, 2.45) is 0 Å². The lowest BCUT2D eigenvalue weighted by Crippen LogP contribution is -2.21. The van der Waals surface area contributed by atoms with Crippen LogP contribution in [0.1, 0.15) is 33.6 Å². The van der Waals surface area contributed by atoms with Crippen molar-refractivity contribution in [3.63, 3.8) is 0 Å². The molecular formula is C15H16N2O2S. The van der Waals surface area contributed by atoms with Crippen molar-refractivity contribution in [1.82, 2.24) is 4.98 Å². The van der Waals surface area contributed by atoms with E-state index >= 15 is 0 Å². The lowest BCUT2D eigenvalue weighted by Gasteiger charge is -2.20. The second-order valence-corrected chi connectivity index (χ2v) is 5.89. The number of fused-ring (bicyclic) bond motifs is 1. The molecule has 0 radical (unpaired) electrons. The highest BCUT2D eigenvalue weighted by molar-refractivity contribution is 7.07. The molecule has 104 valence electrons. The average Bonchev–Trinajstić information content (AvgIpc) is 3.06. The summed E-state index contributed by atoms with van der Waals surface area (Å²) < 4.78 is 0. The number of anilines is 1. The van der Waals surface area contributed by atoms with Crippen LogP contribution < -0.4 is 4.90 Å². The molecule has 1 N–H and O–H groups in total. The number of hydrogen-bond acceptors (Lipinski definition) is 4. The van der Waals surface area contributed by atoms with Crippen molar-refractivity contribution in [3.05, 3.63) is 45.3 Å². The number of carbonyl (C=O) groups is 1. The first-order valence-electron chi connectivity index (χ1n) is 6.63. The largest absolute Gasteiger partial charge is 0.478 e. The van der Waals surface area contributed by atoms with Crippen LogP contribution in [-0.2, 0) is 19.4 Å². The summed E-state index contributed by atoms with van der Waals surface area (Å²) in [5, 5.41) is 13.5. The smallest absolute Gasteiger partial charge is 0.339 e. The highest BCUT2D eigenvalue weighted by Crippen LogP contribution is 2.27. The third kappa shape index (κ3) is 2.41. The van der Waals surface area contributed by atoms with Crippen LogP contribution in [0.25, 0.3) is 0 Å². The Kier molecular flexibility index (Phi) is 3.44. The van der Waals surface area contributed by atoms with Gasteiger partial charge < -0.3 is 10.0 Å². The van der Waals surface area contributed by atoms with Gasteiger partial charge in [0.1, 0.15) is 11.4 Å². The minimum Gasteiger partial charge on any atom is -0.478 e. The van der Waals surface area contributed by atoms with Crippen molar-refractivity contribution in [3.8, 4) is 0 Å². The number of thiophene rings is 1. The first kappa shape index (κ1) is 13.1. The van der Waals surface area contributed by atoms with Gasteiger partial charge in [-0.1, -0.05) is 0 Å². The van der Waals surface area contributed by atoms with E-state index in [1.54, 1.807) is 17.4 Å². The molecule has 0 unspecified atom stereocenters. The van der Waals surface area contributed by atoms with Gasteiger partial charge in [-0.25, -0.2) is 9.78 Å². The van der Waals surface area contributed by atoms with E-state index in [9.17, 15) is 9.90 Å². The third-order valence-electron chi connectivity index (χ3n) is 3.62. The van der Waals surface area contributed by atoms with E-state index in [2.05, 4.69) is 16.4 Å². The van der Waals surface area contributed by atoms with Crippen LogP contribution in [0, 0.1) is 0 Å². The standard InChI is InChI=1S/C15H16N2O2S/c1-17(8-10-5-6-20-9-10)14-12(15(18)19)7-11-3-2-4-13(11)16-14/h5-7,9H,2-4,8H2,1H3,(H,18,19). The zero-order valence-electron chi connectivity index (χ0n) is 11.3. The number of aromatic carboxylic acids is 1. The van der Waals surface area contributed by atoms with Crippen LogP contribution in [0.2, 0.25) is 0 Å². The number of hydrogen-bond donors (Lipinski definition) is 1. The number of nitrogens with zero attached hydrogens (tertiary/aromatic N) is 2. The molecule has 2 heterocycles. The molecule has 20 heavy (non-hydrogen) atoms. The highest BCUT2D eigenvalue weighted by atomic mass is 32.1. The first-order chi connectivity index (χ1) is 9.65. The minimum absolute atomic E-state index is 0.309. The minimum atomic E-state index is -0.903. The molecule has 0 amide bonds. The fraction of sp³-hybridized carbons (Fsp3) is 0.333. The Hall–Kier alpha value is -1.88. The highest BCUT2D eigenvalue weighted by Gasteiger charge is 2.22. The number of carboxylic acids is 1. The molecule has 0 atom stereocenters. The van der Waals surface area contributed by atoms with E-state index in [-0.39, 0.29) is 0 Å². The van der Waals surface area contributed by atoms with Crippen LogP contribution in [0.3, 0.4) is 0 Å². The number of carboxylic acid groups (broad SMARTS) is 1. The molecule has 3 rings (SSSR count). The second-order valence-electron chi connectivity index (χ2n) is 5.11. The number of rotatable bonds is 4. The van der Waals surface area contributed by atoms with Gasteiger partial charge in [0.15, 0.2) is 0 Å². The van der Waals surface area contributed by atoms with Gasteiger partial charge in [0, 0.05) is 19.3 Å². The number of aromatic nitrogens is 1. The summed E-state index contributed by atoms with van der Waals surface area (Å²) in [6.45, 7) is 0.676. The fourth-order valence-corrected chi connectivity index (χ4v) is 3.30. The molecule has 0 aliphatic heterocycles. The van der Waals surface area contributed by atoms with Crippen LogP contribution in [-0.4, -0.2) is 23.1 Å². The van der Waals surface area contributed by atoms with Gasteiger partial charge in [-0.15, -0.1) is 0 Å². The molecule has 0 aromatic carbocycles. The molecule has 0 spiro atoms. The van der Waals surface area contributed by atoms with Crippen molar-refractivity contribution in [1.29, 1.82) is 0 Å². The summed E-state index contributed by atoms with van der Waals surface area (Å²) >= 11 is 1.64. The molecule has 5 heteroatoms. The number of pyridine rings is 1. The topological polar surface area (TPSA) is 53.4 Å². The normalized spacial score (nSPS) is 13.2. The molecule has 2 aromatic rings. The molecule has 4 nitrogen and oxygen atoms in total. The Balaban J connectivity index is 1.96. The maximum atomic E-state index is 11.5. The van der Waals surface area contributed by atoms with Crippen LogP contribution in [0.15, 0.2) is 22.9 Å². The summed E-state index contributed by atoms with van der Waals surface area (Å²) in [6, 6.07) is 3.85. The van der Waals surface area contributed by atoms with Gasteiger partial charge in [-0.2, -0.15) is 11.3 Å². The Labute approximate surface area is 121 Å². The Morgan fingerprint density at radius 2 is 2.35 bits per heavy atom. The zero-order valence-corrected chi connectivity index (χ0v) is 12.1. The van der Waals surface area contributed by atoms with Crippen molar-refractivity contribution in [2.45, 2.75) is 25.8 Å². The van der Waals surface area contributed by atoms with Crippen LogP contribution >= 0.6 is 11.3 Å². The van der Waals surface area contributed by atoms with Crippen LogP contribution in [0.5, 0.6) is 0 Å². The van der Waals surface area contributed by atoms with Gasteiger partial charge in [0.2, 0.25) is 0 Å². The predicted octanol–water partition coefficient (Wildman–Crippen LogP) is 2.97. The summed E-state index contributed by atoms with van der Waals surface area (Å²) in [6.07, 6.45) is 2.96. The lowest BCUT2D eigenvalue weighted by atomic mass is 10.1. The predicted molar refractivity (Wildman–Crippen MR) is 79.6 cm³/mol. The van der Waals surface area contributed by atoms with E-state index in [1.807, 2.05) is 17.3 Å². The Bertz CT molecular complexity index is 638. The van der Waals surface area contributed by atoms with Crippen molar-refractivity contribution in [2.75, 3.05) is 11.9 Å². The van der Waals surface area contributed by atoms with Crippen LogP contribution in [0.4, 0.5) is 5.82 Å². The van der Waals surface area contributed by atoms with Gasteiger partial charge >= 0.3 is 5.97 Å². The van der Waals surface area contributed by atoms with E-state index in [1.165, 1.54) is 5.56 Å². The molecule has 0 bridgehead atoms. The third-order valence-corrected chi connectivity index (χ3v) is 4.35. The van der Waals surface area contributed by atoms with Gasteiger partial charge in [0.05, 0.1) is 0 Å². The van der Waals surface area contributed by atoms with Gasteiger partial charge in [-0.05, 0) is 53.3 Å². The average molecular weight is 288 g/mol. The number of aryl methyl sites for hydroxylation is 2. The maximum Gasteiger partial charge on any atom is 0.339 e. The molecule has 0 fully saturated rings. The summed E-state index contributed by atoms with van der Waals surface area (Å²) in [5.41, 5.74) is 3.64. The Morgan fingerprint density at radius 3 is 3.05 bits per heavy atom. The Morgan fingerprint density at radius 1 is 1.50 bits per heavy atom. The van der Waals surface area contributed by atoms with Gasteiger partial charge in [0.25, 0.3) is 0 Å². The monoisotopic (exact) mass is 288 g/mol. The maximum absolute atomic E-state index is 11.5. The lowest BCUT2D eigenvalue weighted by molar-refractivity contribution is 0.0697. The molecule has 0 saturated heterocycles. The van der Waals surface area contributed by atoms with Crippen molar-refractivity contribution >= 4 is 23.1 Å².